The first-order valence-electron chi connectivity index (χ1n) is 7.23. The molecule has 1 aromatic heterocycles. The Kier molecular flexibility index (Phi) is 4.75. The van der Waals surface area contributed by atoms with E-state index in [0.717, 1.165) is 30.6 Å². The van der Waals surface area contributed by atoms with E-state index < -0.39 is 0 Å². The Balaban J connectivity index is 1.65. The first-order valence-corrected chi connectivity index (χ1v) is 7.23. The largest absolute Gasteiger partial charge is 0.321 e. The number of nitrogens with one attached hydrogen (secondary N) is 1. The predicted octanol–water partition coefficient (Wildman–Crippen LogP) is 2.16. The highest BCUT2D eigenvalue weighted by molar-refractivity contribution is 4.86. The summed E-state index contributed by atoms with van der Waals surface area (Å²) in [6.07, 6.45) is 8.19. The Bertz CT molecular complexity index is 350. The van der Waals surface area contributed by atoms with Gasteiger partial charge in [0.15, 0.2) is 0 Å². The van der Waals surface area contributed by atoms with Crippen LogP contribution in [-0.2, 0) is 13.5 Å². The topological polar surface area (TPSA) is 42.7 Å². The Hall–Kier alpha value is -0.900. The predicted molar refractivity (Wildman–Crippen MR) is 73.3 cm³/mol. The molecule has 4 nitrogen and oxygen atoms in total. The van der Waals surface area contributed by atoms with Gasteiger partial charge in [-0.15, -0.1) is 10.2 Å². The maximum atomic E-state index is 4.11. The molecule has 0 amide bonds. The van der Waals surface area contributed by atoms with Crippen LogP contribution in [0.1, 0.15) is 45.4 Å². The summed E-state index contributed by atoms with van der Waals surface area (Å²) in [4.78, 5) is 0. The van der Waals surface area contributed by atoms with Gasteiger partial charge in [0.05, 0.1) is 0 Å². The maximum absolute atomic E-state index is 4.11. The summed E-state index contributed by atoms with van der Waals surface area (Å²) < 4.78 is 2.00. The molecule has 0 unspecified atom stereocenters. The van der Waals surface area contributed by atoms with Gasteiger partial charge < -0.3 is 9.88 Å². The molecular formula is C14H26N4. The average molecular weight is 250 g/mol. The van der Waals surface area contributed by atoms with Crippen molar-refractivity contribution < 1.29 is 0 Å². The van der Waals surface area contributed by atoms with Gasteiger partial charge in [0.25, 0.3) is 0 Å². The lowest BCUT2D eigenvalue weighted by atomic mass is 9.80. The quantitative estimate of drug-likeness (QED) is 0.871. The highest BCUT2D eigenvalue weighted by Gasteiger charge is 2.22. The zero-order valence-corrected chi connectivity index (χ0v) is 11.9. The van der Waals surface area contributed by atoms with Crippen LogP contribution in [0.2, 0.25) is 0 Å². The van der Waals surface area contributed by atoms with Crippen LogP contribution in [0.4, 0.5) is 0 Å². The molecule has 0 atom stereocenters. The van der Waals surface area contributed by atoms with Crippen molar-refractivity contribution in [3.8, 4) is 0 Å². The zero-order chi connectivity index (χ0) is 13.0. The molecule has 0 spiro atoms. The van der Waals surface area contributed by atoms with Crippen molar-refractivity contribution in [3.05, 3.63) is 12.2 Å². The number of hydrogen-bond donors (Lipinski definition) is 1. The third kappa shape index (κ3) is 3.55. The Morgan fingerprint density at radius 1 is 1.33 bits per heavy atom. The van der Waals surface area contributed by atoms with Gasteiger partial charge in [-0.1, -0.05) is 13.8 Å². The average Bonchev–Trinajstić information content (AvgIpc) is 2.76. The summed E-state index contributed by atoms with van der Waals surface area (Å²) in [6, 6.07) is 0.716. The minimum absolute atomic E-state index is 0.716. The maximum Gasteiger partial charge on any atom is 0.133 e. The second-order valence-electron chi connectivity index (χ2n) is 5.92. The second kappa shape index (κ2) is 6.32. The second-order valence-corrected chi connectivity index (χ2v) is 5.92. The van der Waals surface area contributed by atoms with Crippen molar-refractivity contribution in [1.29, 1.82) is 0 Å². The number of rotatable bonds is 5. The SMILES string of the molecule is CC(C)C1CCC(NCCc2nncn2C)CC1. The van der Waals surface area contributed by atoms with Crippen molar-refractivity contribution >= 4 is 0 Å². The van der Waals surface area contributed by atoms with Crippen LogP contribution in [-0.4, -0.2) is 27.4 Å². The van der Waals surface area contributed by atoms with E-state index in [9.17, 15) is 0 Å². The fourth-order valence-electron chi connectivity index (χ4n) is 2.91. The third-order valence-electron chi connectivity index (χ3n) is 4.30. The van der Waals surface area contributed by atoms with Crippen molar-refractivity contribution in [2.75, 3.05) is 6.54 Å². The number of nitrogens with zero attached hydrogens (tertiary/aromatic N) is 3. The first kappa shape index (κ1) is 13.5. The van der Waals surface area contributed by atoms with Crippen LogP contribution >= 0.6 is 0 Å². The van der Waals surface area contributed by atoms with Gasteiger partial charge in [-0.25, -0.2) is 0 Å². The standard InChI is InChI=1S/C14H26N4/c1-11(2)12-4-6-13(7-5-12)15-9-8-14-17-16-10-18(14)3/h10-13,15H,4-9H2,1-3H3. The summed E-state index contributed by atoms with van der Waals surface area (Å²) >= 11 is 0. The molecule has 1 aromatic rings. The zero-order valence-electron chi connectivity index (χ0n) is 11.9. The Morgan fingerprint density at radius 3 is 2.61 bits per heavy atom. The van der Waals surface area contributed by atoms with Crippen molar-refractivity contribution in [1.82, 2.24) is 20.1 Å². The van der Waals surface area contributed by atoms with E-state index in [1.165, 1.54) is 25.7 Å². The van der Waals surface area contributed by atoms with Crippen LogP contribution in [0.5, 0.6) is 0 Å². The molecule has 1 aliphatic carbocycles. The third-order valence-corrected chi connectivity index (χ3v) is 4.30. The van der Waals surface area contributed by atoms with Gasteiger partial charge in [-0.2, -0.15) is 0 Å². The summed E-state index contributed by atoms with van der Waals surface area (Å²) in [5.41, 5.74) is 0. The molecule has 0 radical (unpaired) electrons. The summed E-state index contributed by atoms with van der Waals surface area (Å²) in [6.45, 7) is 5.72. The molecule has 1 N–H and O–H groups in total. The molecule has 1 aliphatic rings. The van der Waals surface area contributed by atoms with Gasteiger partial charge in [0, 0.05) is 26.1 Å². The van der Waals surface area contributed by atoms with E-state index in [0.29, 0.717) is 6.04 Å². The molecule has 2 rings (SSSR count). The minimum atomic E-state index is 0.716. The van der Waals surface area contributed by atoms with E-state index >= 15 is 0 Å². The fourth-order valence-corrected chi connectivity index (χ4v) is 2.91. The molecular weight excluding hydrogens is 224 g/mol. The first-order chi connectivity index (χ1) is 8.66. The molecule has 18 heavy (non-hydrogen) atoms. The van der Waals surface area contributed by atoms with Gasteiger partial charge in [0.1, 0.15) is 12.2 Å². The normalized spacial score (nSPS) is 24.7. The molecule has 1 heterocycles. The summed E-state index contributed by atoms with van der Waals surface area (Å²) in [7, 11) is 2.00. The van der Waals surface area contributed by atoms with Crippen molar-refractivity contribution in [3.63, 3.8) is 0 Å². The van der Waals surface area contributed by atoms with Crippen LogP contribution in [0, 0.1) is 11.8 Å². The molecule has 0 bridgehead atoms. The van der Waals surface area contributed by atoms with Gasteiger partial charge >= 0.3 is 0 Å². The summed E-state index contributed by atoms with van der Waals surface area (Å²) in [5, 5.41) is 11.7. The smallest absolute Gasteiger partial charge is 0.133 e. The van der Waals surface area contributed by atoms with Gasteiger partial charge in [0.2, 0.25) is 0 Å². The molecule has 4 heteroatoms. The minimum Gasteiger partial charge on any atom is -0.321 e. The Morgan fingerprint density at radius 2 is 2.06 bits per heavy atom. The van der Waals surface area contributed by atoms with Gasteiger partial charge in [-0.05, 0) is 37.5 Å². The number of aromatic nitrogens is 3. The lowest BCUT2D eigenvalue weighted by Gasteiger charge is -2.31. The van der Waals surface area contributed by atoms with E-state index in [4.69, 9.17) is 0 Å². The highest BCUT2D eigenvalue weighted by atomic mass is 15.2. The van der Waals surface area contributed by atoms with Crippen LogP contribution in [0.15, 0.2) is 6.33 Å². The molecule has 102 valence electrons. The van der Waals surface area contributed by atoms with Crippen LogP contribution < -0.4 is 5.32 Å². The van der Waals surface area contributed by atoms with Crippen molar-refractivity contribution in [2.45, 2.75) is 52.0 Å². The molecule has 1 fully saturated rings. The summed E-state index contributed by atoms with van der Waals surface area (Å²) in [5.74, 6) is 2.87. The van der Waals surface area contributed by atoms with Crippen molar-refractivity contribution in [2.24, 2.45) is 18.9 Å². The van der Waals surface area contributed by atoms with E-state index in [1.807, 2.05) is 11.6 Å². The molecule has 0 saturated heterocycles. The lowest BCUT2D eigenvalue weighted by Crippen LogP contribution is -2.35. The van der Waals surface area contributed by atoms with Crippen LogP contribution in [0.3, 0.4) is 0 Å². The fraction of sp³-hybridized carbons (Fsp3) is 0.857. The molecule has 0 aliphatic heterocycles. The lowest BCUT2D eigenvalue weighted by molar-refractivity contribution is 0.239. The Labute approximate surface area is 110 Å². The number of hydrogen-bond acceptors (Lipinski definition) is 3. The van der Waals surface area contributed by atoms with E-state index in [1.54, 1.807) is 6.33 Å². The van der Waals surface area contributed by atoms with Gasteiger partial charge in [-0.3, -0.25) is 0 Å². The number of aryl methyl sites for hydroxylation is 1. The molecule has 0 aromatic carbocycles. The van der Waals surface area contributed by atoms with Crippen LogP contribution in [0.25, 0.3) is 0 Å². The molecule has 1 saturated carbocycles. The highest BCUT2D eigenvalue weighted by Crippen LogP contribution is 2.29. The van der Waals surface area contributed by atoms with E-state index in [2.05, 4.69) is 29.4 Å². The monoisotopic (exact) mass is 250 g/mol. The van der Waals surface area contributed by atoms with E-state index in [-0.39, 0.29) is 0 Å².